The minimum Gasteiger partial charge on any atom is -0.473 e. The van der Waals surface area contributed by atoms with Crippen LogP contribution < -0.4 is 15.0 Å². The fraction of sp³-hybridized carbons (Fsp3) is 0.304. The molecule has 186 valence electrons. The maximum absolute atomic E-state index is 12.1. The number of aromatic amines is 1. The quantitative estimate of drug-likeness (QED) is 0.331. The van der Waals surface area contributed by atoms with Gasteiger partial charge in [-0.2, -0.15) is 0 Å². The molecule has 12 heteroatoms. The predicted molar refractivity (Wildman–Crippen MR) is 122 cm³/mol. The first-order chi connectivity index (χ1) is 16.7. The number of rotatable bonds is 8. The molecule has 3 aromatic rings. The maximum atomic E-state index is 12.1. The molecular formula is C23H25N3O9. The van der Waals surface area contributed by atoms with Crippen molar-refractivity contribution in [2.24, 2.45) is 0 Å². The number of carboxylic acids is 2. The molecule has 2 heterocycles. The zero-order valence-corrected chi connectivity index (χ0v) is 18.8. The molecule has 35 heavy (non-hydrogen) atoms. The van der Waals surface area contributed by atoms with Gasteiger partial charge in [0, 0.05) is 6.54 Å². The number of aromatic nitrogens is 2. The molecule has 2 aromatic carbocycles. The monoisotopic (exact) mass is 487 g/mol. The molecule has 12 nitrogen and oxygen atoms in total. The van der Waals surface area contributed by atoms with Crippen LogP contribution >= 0.6 is 0 Å². The summed E-state index contributed by atoms with van der Waals surface area (Å²) >= 11 is 0. The molecule has 1 aliphatic rings. The fourth-order valence-electron chi connectivity index (χ4n) is 3.29. The second kappa shape index (κ2) is 11.9. The highest BCUT2D eigenvalue weighted by molar-refractivity contribution is 6.27. The molecule has 1 unspecified atom stereocenters. The van der Waals surface area contributed by atoms with Crippen molar-refractivity contribution in [3.63, 3.8) is 0 Å². The van der Waals surface area contributed by atoms with Gasteiger partial charge in [0.05, 0.1) is 36.8 Å². The lowest BCUT2D eigenvalue weighted by atomic mass is 10.2. The number of aliphatic carboxylic acids is 2. The average molecular weight is 487 g/mol. The minimum atomic E-state index is -1.82. The van der Waals surface area contributed by atoms with E-state index in [4.69, 9.17) is 34.0 Å². The van der Waals surface area contributed by atoms with Gasteiger partial charge in [0.15, 0.2) is 11.5 Å². The second-order valence-electron chi connectivity index (χ2n) is 7.69. The third kappa shape index (κ3) is 7.50. The van der Waals surface area contributed by atoms with Gasteiger partial charge in [-0.05, 0) is 36.9 Å². The van der Waals surface area contributed by atoms with Crippen LogP contribution in [0, 0.1) is 0 Å². The van der Waals surface area contributed by atoms with Gasteiger partial charge in [-0.1, -0.05) is 18.2 Å². The van der Waals surface area contributed by atoms with Crippen LogP contribution in [0.1, 0.15) is 11.4 Å². The summed E-state index contributed by atoms with van der Waals surface area (Å²) in [6, 6.07) is 12.9. The molecular weight excluding hydrogens is 462 g/mol. The van der Waals surface area contributed by atoms with E-state index < -0.39 is 18.0 Å². The SMILES string of the molecule is CN(Cc1nc2ccccc2c(=O)[nH]1)CC(O)COCc1ccc2c(c1)OCO2.O=C(O)C(=O)O. The van der Waals surface area contributed by atoms with Crippen LogP contribution in [0.5, 0.6) is 11.5 Å². The summed E-state index contributed by atoms with van der Waals surface area (Å²) in [7, 11) is 1.86. The van der Waals surface area contributed by atoms with E-state index in [1.807, 2.05) is 48.3 Å². The van der Waals surface area contributed by atoms with Gasteiger partial charge in [-0.25, -0.2) is 14.6 Å². The molecule has 0 saturated heterocycles. The molecule has 0 bridgehead atoms. The molecule has 4 N–H and O–H groups in total. The largest absolute Gasteiger partial charge is 0.473 e. The van der Waals surface area contributed by atoms with Crippen LogP contribution in [0.4, 0.5) is 0 Å². The fourth-order valence-corrected chi connectivity index (χ4v) is 3.29. The maximum Gasteiger partial charge on any atom is 0.414 e. The number of ether oxygens (including phenoxy) is 3. The summed E-state index contributed by atoms with van der Waals surface area (Å²) < 4.78 is 16.3. The van der Waals surface area contributed by atoms with E-state index >= 15 is 0 Å². The van der Waals surface area contributed by atoms with Crippen molar-refractivity contribution in [1.82, 2.24) is 14.9 Å². The minimum absolute atomic E-state index is 0.161. The van der Waals surface area contributed by atoms with Crippen molar-refractivity contribution in [3.8, 4) is 11.5 Å². The number of likely N-dealkylation sites (N-methyl/N-ethyl adjacent to an activating group) is 1. The molecule has 1 aliphatic heterocycles. The van der Waals surface area contributed by atoms with E-state index in [0.29, 0.717) is 42.2 Å². The first kappa shape index (κ1) is 25.6. The van der Waals surface area contributed by atoms with E-state index in [-0.39, 0.29) is 19.0 Å². The smallest absolute Gasteiger partial charge is 0.414 e. The Morgan fingerprint density at radius 3 is 2.60 bits per heavy atom. The number of fused-ring (bicyclic) bond motifs is 2. The highest BCUT2D eigenvalue weighted by Crippen LogP contribution is 2.32. The highest BCUT2D eigenvalue weighted by Gasteiger charge is 2.14. The van der Waals surface area contributed by atoms with E-state index in [9.17, 15) is 9.90 Å². The number of nitrogens with zero attached hydrogens (tertiary/aromatic N) is 2. The normalized spacial score (nSPS) is 12.8. The molecule has 0 amide bonds. The van der Waals surface area contributed by atoms with Gasteiger partial charge in [0.2, 0.25) is 6.79 Å². The van der Waals surface area contributed by atoms with Crippen LogP contribution in [0.25, 0.3) is 10.9 Å². The molecule has 0 saturated carbocycles. The van der Waals surface area contributed by atoms with Gasteiger partial charge >= 0.3 is 11.9 Å². The zero-order valence-electron chi connectivity index (χ0n) is 18.8. The average Bonchev–Trinajstić information content (AvgIpc) is 3.27. The first-order valence-electron chi connectivity index (χ1n) is 10.5. The number of hydrogen-bond donors (Lipinski definition) is 4. The Labute approximate surface area is 199 Å². The van der Waals surface area contributed by atoms with Crippen LogP contribution in [0.3, 0.4) is 0 Å². The number of carbonyl (C=O) groups is 2. The Bertz CT molecular complexity index is 1230. The summed E-state index contributed by atoms with van der Waals surface area (Å²) in [4.78, 5) is 39.5. The van der Waals surface area contributed by atoms with E-state index in [2.05, 4.69) is 9.97 Å². The summed E-state index contributed by atoms with van der Waals surface area (Å²) in [6.45, 7) is 1.61. The third-order valence-corrected chi connectivity index (χ3v) is 4.80. The molecule has 0 aliphatic carbocycles. The van der Waals surface area contributed by atoms with E-state index in [1.165, 1.54) is 0 Å². The topological polar surface area (TPSA) is 172 Å². The van der Waals surface area contributed by atoms with Gasteiger partial charge < -0.3 is 34.5 Å². The number of benzene rings is 2. The lowest BCUT2D eigenvalue weighted by Crippen LogP contribution is -2.32. The predicted octanol–water partition coefficient (Wildman–Crippen LogP) is 0.817. The summed E-state index contributed by atoms with van der Waals surface area (Å²) in [5, 5.41) is 25.6. The van der Waals surface area contributed by atoms with Gasteiger partial charge in [0.25, 0.3) is 5.56 Å². The van der Waals surface area contributed by atoms with Crippen molar-refractivity contribution >= 4 is 22.8 Å². The van der Waals surface area contributed by atoms with Crippen molar-refractivity contribution in [2.75, 3.05) is 27.0 Å². The molecule has 0 fully saturated rings. The number of H-pyrrole nitrogens is 1. The Morgan fingerprint density at radius 2 is 1.86 bits per heavy atom. The van der Waals surface area contributed by atoms with Crippen LogP contribution in [-0.2, 0) is 27.5 Å². The summed E-state index contributed by atoms with van der Waals surface area (Å²) in [6.07, 6.45) is -0.666. The molecule has 4 rings (SSSR count). The number of carboxylic acid groups (broad SMARTS) is 2. The Hall–Kier alpha value is -4.00. The van der Waals surface area contributed by atoms with Crippen molar-refractivity contribution in [3.05, 3.63) is 64.2 Å². The van der Waals surface area contributed by atoms with Gasteiger partial charge in [-0.3, -0.25) is 9.69 Å². The van der Waals surface area contributed by atoms with Gasteiger partial charge in [-0.15, -0.1) is 0 Å². The third-order valence-electron chi connectivity index (χ3n) is 4.80. The van der Waals surface area contributed by atoms with E-state index in [0.717, 1.165) is 11.3 Å². The van der Waals surface area contributed by atoms with Crippen molar-refractivity contribution in [2.45, 2.75) is 19.3 Å². The molecule has 0 radical (unpaired) electrons. The zero-order chi connectivity index (χ0) is 25.4. The van der Waals surface area contributed by atoms with Crippen LogP contribution in [0.2, 0.25) is 0 Å². The summed E-state index contributed by atoms with van der Waals surface area (Å²) in [5.74, 6) is -1.64. The van der Waals surface area contributed by atoms with E-state index in [1.54, 1.807) is 6.07 Å². The Kier molecular flexibility index (Phi) is 8.73. The van der Waals surface area contributed by atoms with Crippen molar-refractivity contribution in [1.29, 1.82) is 0 Å². The molecule has 0 spiro atoms. The highest BCUT2D eigenvalue weighted by atomic mass is 16.7. The standard InChI is InChI=1S/C21H23N3O5.C2H2O4/c1-24(10-20-22-17-5-3-2-4-16(17)21(26)23-20)9-15(25)12-27-11-14-6-7-18-19(8-14)29-13-28-18;3-1(4)2(5)6/h2-8,15,25H,9-13H2,1H3,(H,22,23,26);(H,3,4)(H,5,6). The first-order valence-corrected chi connectivity index (χ1v) is 10.5. The van der Waals surface area contributed by atoms with Crippen LogP contribution in [0.15, 0.2) is 47.3 Å². The van der Waals surface area contributed by atoms with Crippen molar-refractivity contribution < 1.29 is 39.1 Å². The Balaban J connectivity index is 0.000000509. The number of aliphatic hydroxyl groups is 1. The van der Waals surface area contributed by atoms with Gasteiger partial charge in [0.1, 0.15) is 5.82 Å². The number of hydrogen-bond acceptors (Lipinski definition) is 9. The number of para-hydroxylation sites is 1. The lowest BCUT2D eigenvalue weighted by Gasteiger charge is -2.20. The second-order valence-corrected chi connectivity index (χ2v) is 7.69. The number of aliphatic hydroxyl groups excluding tert-OH is 1. The lowest BCUT2D eigenvalue weighted by molar-refractivity contribution is -0.159. The van der Waals surface area contributed by atoms with Crippen LogP contribution in [-0.4, -0.2) is 75.2 Å². The summed E-state index contributed by atoms with van der Waals surface area (Å²) in [5.41, 5.74) is 1.45. The number of nitrogens with one attached hydrogen (secondary N) is 1. The molecule has 1 atom stereocenters. The Morgan fingerprint density at radius 1 is 1.14 bits per heavy atom. The molecule has 1 aromatic heterocycles.